The summed E-state index contributed by atoms with van der Waals surface area (Å²) < 4.78 is 60.6. The van der Waals surface area contributed by atoms with Crippen molar-refractivity contribution in [1.82, 2.24) is 9.62 Å². The summed E-state index contributed by atoms with van der Waals surface area (Å²) in [6.45, 7) is 3.21. The van der Waals surface area contributed by atoms with Gasteiger partial charge in [-0.2, -0.15) is 4.31 Å². The molecular formula is C27H31N3O6S2. The van der Waals surface area contributed by atoms with Crippen molar-refractivity contribution in [1.29, 1.82) is 0 Å². The zero-order chi connectivity index (χ0) is 27.2. The Kier molecular flexibility index (Phi) is 8.70. The van der Waals surface area contributed by atoms with Crippen molar-refractivity contribution in [2.45, 2.75) is 36.0 Å². The van der Waals surface area contributed by atoms with Crippen molar-refractivity contribution >= 4 is 31.6 Å². The minimum Gasteiger partial charge on any atom is -0.492 e. The van der Waals surface area contributed by atoms with E-state index in [1.807, 2.05) is 0 Å². The topological polar surface area (TPSA) is 122 Å². The highest BCUT2D eigenvalue weighted by Crippen LogP contribution is 2.23. The average Bonchev–Trinajstić information content (AvgIpc) is 2.93. The number of nitrogens with one attached hydrogen (secondary N) is 2. The Bertz CT molecular complexity index is 1470. The number of carbonyl (C=O) groups is 1. The van der Waals surface area contributed by atoms with Crippen LogP contribution in [0.5, 0.6) is 5.75 Å². The van der Waals surface area contributed by atoms with Crippen LogP contribution < -0.4 is 14.8 Å². The van der Waals surface area contributed by atoms with Crippen LogP contribution >= 0.6 is 0 Å². The molecule has 1 fully saturated rings. The third-order valence-corrected chi connectivity index (χ3v) is 9.52. The van der Waals surface area contributed by atoms with Crippen molar-refractivity contribution in [2.75, 3.05) is 31.0 Å². The highest BCUT2D eigenvalue weighted by Gasteiger charge is 2.25. The maximum Gasteiger partial charge on any atom is 0.261 e. The molecule has 3 aromatic rings. The molecule has 1 aliphatic heterocycles. The SMILES string of the molecule is Cc1ccc(C(=O)NCCOc2ccc(S(=O)(=O)N3CCCCC3)cc2)cc1NS(=O)(=O)c1ccccc1. The molecule has 0 radical (unpaired) electrons. The number of hydrogen-bond donors (Lipinski definition) is 2. The molecule has 0 unspecified atom stereocenters. The summed E-state index contributed by atoms with van der Waals surface area (Å²) in [6.07, 6.45) is 2.80. The van der Waals surface area contributed by atoms with E-state index in [9.17, 15) is 21.6 Å². The zero-order valence-corrected chi connectivity index (χ0v) is 22.7. The van der Waals surface area contributed by atoms with Crippen LogP contribution in [0.25, 0.3) is 0 Å². The molecule has 0 aliphatic carbocycles. The maximum absolute atomic E-state index is 12.8. The van der Waals surface area contributed by atoms with Gasteiger partial charge in [0.05, 0.1) is 22.0 Å². The number of ether oxygens (including phenoxy) is 1. The van der Waals surface area contributed by atoms with Gasteiger partial charge in [-0.1, -0.05) is 30.7 Å². The normalized spacial score (nSPS) is 14.6. The smallest absolute Gasteiger partial charge is 0.261 e. The van der Waals surface area contributed by atoms with E-state index in [0.717, 1.165) is 19.3 Å². The Morgan fingerprint density at radius 2 is 1.55 bits per heavy atom. The minimum absolute atomic E-state index is 0.128. The summed E-state index contributed by atoms with van der Waals surface area (Å²) in [5.74, 6) is 0.113. The Balaban J connectivity index is 1.30. The fourth-order valence-electron chi connectivity index (χ4n) is 4.07. The van der Waals surface area contributed by atoms with Crippen molar-refractivity contribution in [3.63, 3.8) is 0 Å². The minimum atomic E-state index is -3.79. The van der Waals surface area contributed by atoms with Gasteiger partial charge < -0.3 is 10.1 Å². The first-order chi connectivity index (χ1) is 18.2. The van der Waals surface area contributed by atoms with E-state index in [4.69, 9.17) is 4.74 Å². The van der Waals surface area contributed by atoms with Gasteiger partial charge in [0.1, 0.15) is 12.4 Å². The van der Waals surface area contributed by atoms with E-state index in [0.29, 0.717) is 35.7 Å². The van der Waals surface area contributed by atoms with Gasteiger partial charge in [0.2, 0.25) is 10.0 Å². The average molecular weight is 558 g/mol. The van der Waals surface area contributed by atoms with Crippen molar-refractivity contribution in [3.8, 4) is 5.75 Å². The third-order valence-electron chi connectivity index (χ3n) is 6.23. The summed E-state index contributed by atoms with van der Waals surface area (Å²) >= 11 is 0. The number of piperidine rings is 1. The fraction of sp³-hybridized carbons (Fsp3) is 0.296. The Morgan fingerprint density at radius 1 is 0.868 bits per heavy atom. The standard InChI is InChI=1S/C27H31N3O6S2/c1-21-10-11-22(20-26(21)29-37(32,33)24-8-4-2-5-9-24)27(31)28-16-19-36-23-12-14-25(15-13-23)38(34,35)30-17-6-3-7-18-30/h2,4-5,8-15,20,29H,3,6-7,16-19H2,1H3,(H,28,31). The number of carbonyl (C=O) groups excluding carboxylic acids is 1. The van der Waals surface area contributed by atoms with Crippen LogP contribution in [0.4, 0.5) is 5.69 Å². The van der Waals surface area contributed by atoms with Gasteiger partial charge >= 0.3 is 0 Å². The van der Waals surface area contributed by atoms with Gasteiger partial charge in [-0.05, 0) is 73.9 Å². The van der Waals surface area contributed by atoms with Gasteiger partial charge in [0.15, 0.2) is 0 Å². The molecule has 1 saturated heterocycles. The lowest BCUT2D eigenvalue weighted by atomic mass is 10.1. The van der Waals surface area contributed by atoms with Gasteiger partial charge in [-0.3, -0.25) is 9.52 Å². The molecular weight excluding hydrogens is 526 g/mol. The monoisotopic (exact) mass is 557 g/mol. The molecule has 38 heavy (non-hydrogen) atoms. The fourth-order valence-corrected chi connectivity index (χ4v) is 6.73. The van der Waals surface area contributed by atoms with Gasteiger partial charge in [0, 0.05) is 18.7 Å². The largest absolute Gasteiger partial charge is 0.492 e. The zero-order valence-electron chi connectivity index (χ0n) is 21.1. The summed E-state index contributed by atoms with van der Waals surface area (Å²) in [6, 6.07) is 19.0. The van der Waals surface area contributed by atoms with Gasteiger partial charge in [-0.15, -0.1) is 0 Å². The number of anilines is 1. The second kappa shape index (κ2) is 12.0. The summed E-state index contributed by atoms with van der Waals surface area (Å²) in [7, 11) is -7.29. The predicted molar refractivity (Wildman–Crippen MR) is 145 cm³/mol. The molecule has 2 N–H and O–H groups in total. The van der Waals surface area contributed by atoms with Crippen LogP contribution in [0.1, 0.15) is 35.2 Å². The second-order valence-electron chi connectivity index (χ2n) is 8.99. The summed E-state index contributed by atoms with van der Waals surface area (Å²) in [4.78, 5) is 13.0. The lowest BCUT2D eigenvalue weighted by Gasteiger charge is -2.25. The first-order valence-electron chi connectivity index (χ1n) is 12.4. The molecule has 0 bridgehead atoms. The predicted octanol–water partition coefficient (Wildman–Crippen LogP) is 3.78. The number of benzene rings is 3. The van der Waals surface area contributed by atoms with Crippen LogP contribution in [-0.2, 0) is 20.0 Å². The molecule has 9 nitrogen and oxygen atoms in total. The van der Waals surface area contributed by atoms with Crippen LogP contribution in [0.2, 0.25) is 0 Å². The maximum atomic E-state index is 12.8. The van der Waals surface area contributed by atoms with E-state index in [-0.39, 0.29) is 28.8 Å². The molecule has 3 aromatic carbocycles. The van der Waals surface area contributed by atoms with E-state index < -0.39 is 20.0 Å². The quantitative estimate of drug-likeness (QED) is 0.366. The number of nitrogens with zero attached hydrogens (tertiary/aromatic N) is 1. The number of rotatable bonds is 10. The molecule has 1 amide bonds. The third kappa shape index (κ3) is 6.72. The van der Waals surface area contributed by atoms with Crippen LogP contribution in [-0.4, -0.2) is 53.3 Å². The Morgan fingerprint density at radius 3 is 2.24 bits per heavy atom. The lowest BCUT2D eigenvalue weighted by Crippen LogP contribution is -2.35. The van der Waals surface area contributed by atoms with E-state index >= 15 is 0 Å². The number of aryl methyl sites for hydroxylation is 1. The van der Waals surface area contributed by atoms with Crippen LogP contribution in [0, 0.1) is 6.92 Å². The molecule has 1 aliphatic rings. The van der Waals surface area contributed by atoms with E-state index in [2.05, 4.69) is 10.0 Å². The van der Waals surface area contributed by atoms with Crippen LogP contribution in [0.3, 0.4) is 0 Å². The molecule has 4 rings (SSSR count). The lowest BCUT2D eigenvalue weighted by molar-refractivity contribution is 0.0947. The molecule has 1 heterocycles. The number of sulfonamides is 2. The Hall–Kier alpha value is -3.41. The molecule has 0 saturated carbocycles. The first-order valence-corrected chi connectivity index (χ1v) is 15.3. The van der Waals surface area contributed by atoms with Crippen molar-refractivity contribution < 1.29 is 26.4 Å². The van der Waals surface area contributed by atoms with E-state index in [1.54, 1.807) is 49.4 Å². The van der Waals surface area contributed by atoms with Gasteiger partial charge in [0.25, 0.3) is 15.9 Å². The number of hydrogen-bond acceptors (Lipinski definition) is 6. The second-order valence-corrected chi connectivity index (χ2v) is 12.6. The molecule has 11 heteroatoms. The highest BCUT2D eigenvalue weighted by molar-refractivity contribution is 7.92. The van der Waals surface area contributed by atoms with Crippen molar-refractivity contribution in [3.05, 3.63) is 83.9 Å². The van der Waals surface area contributed by atoms with Crippen molar-refractivity contribution in [2.24, 2.45) is 0 Å². The summed E-state index contributed by atoms with van der Waals surface area (Å²) in [5, 5.41) is 2.75. The molecule has 0 spiro atoms. The Labute approximate surface area is 223 Å². The summed E-state index contributed by atoms with van der Waals surface area (Å²) in [5.41, 5.74) is 1.29. The first kappa shape index (κ1) is 27.6. The highest BCUT2D eigenvalue weighted by atomic mass is 32.2. The molecule has 0 aromatic heterocycles. The molecule has 202 valence electrons. The number of amides is 1. The van der Waals surface area contributed by atoms with Crippen LogP contribution in [0.15, 0.2) is 82.6 Å². The van der Waals surface area contributed by atoms with Gasteiger partial charge in [-0.25, -0.2) is 16.8 Å². The van der Waals surface area contributed by atoms with E-state index in [1.165, 1.54) is 34.6 Å². The molecule has 0 atom stereocenters.